The van der Waals surface area contributed by atoms with Gasteiger partial charge in [-0.05, 0) is 28.8 Å². The van der Waals surface area contributed by atoms with Crippen molar-refractivity contribution in [3.05, 3.63) is 46.4 Å². The number of benzene rings is 1. The molecule has 0 spiro atoms. The second-order valence-corrected chi connectivity index (χ2v) is 3.77. The molecule has 0 aliphatic rings. The minimum atomic E-state index is 0.549. The molecule has 1 aromatic carbocycles. The van der Waals surface area contributed by atoms with Crippen molar-refractivity contribution in [1.29, 1.82) is 0 Å². The van der Waals surface area contributed by atoms with Crippen LogP contribution < -0.4 is 10.4 Å². The highest BCUT2D eigenvalue weighted by atomic mass is 14.0. The molecule has 0 N–H and O–H groups in total. The smallest absolute Gasteiger partial charge is 0.0155 e. The molecule has 1 rings (SSSR count). The summed E-state index contributed by atoms with van der Waals surface area (Å²) in [6, 6.07) is 6.31. The number of rotatable bonds is 2. The van der Waals surface area contributed by atoms with E-state index in [1.54, 1.807) is 0 Å². The van der Waals surface area contributed by atoms with Crippen molar-refractivity contribution >= 4 is 12.7 Å². The van der Waals surface area contributed by atoms with Crippen molar-refractivity contribution in [1.82, 2.24) is 0 Å². The van der Waals surface area contributed by atoms with Gasteiger partial charge in [0.25, 0.3) is 0 Å². The van der Waals surface area contributed by atoms with Crippen LogP contribution in [0.25, 0.3) is 12.7 Å². The summed E-state index contributed by atoms with van der Waals surface area (Å²) in [7, 11) is 0. The van der Waals surface area contributed by atoms with Crippen molar-refractivity contribution in [2.75, 3.05) is 0 Å². The molecular formula is C14H18. The Morgan fingerprint density at radius 1 is 1.29 bits per heavy atom. The van der Waals surface area contributed by atoms with Gasteiger partial charge in [-0.25, -0.2) is 0 Å². The highest BCUT2D eigenvalue weighted by Gasteiger charge is 1.99. The fraction of sp³-hybridized carbons (Fsp3) is 0.286. The predicted octanol–water partition coefficient (Wildman–Crippen LogP) is 2.58. The summed E-state index contributed by atoms with van der Waals surface area (Å²) in [5.74, 6) is 0.549. The van der Waals surface area contributed by atoms with Crippen LogP contribution in [0.15, 0.2) is 30.4 Å². The average Bonchev–Trinajstić information content (AvgIpc) is 2.15. The summed E-state index contributed by atoms with van der Waals surface area (Å²) in [6.07, 6.45) is 6.24. The summed E-state index contributed by atoms with van der Waals surface area (Å²) in [5, 5.41) is 2.37. The second-order valence-electron chi connectivity index (χ2n) is 3.77. The van der Waals surface area contributed by atoms with Gasteiger partial charge in [0, 0.05) is 0 Å². The fourth-order valence-electron chi connectivity index (χ4n) is 1.53. The first-order valence-corrected chi connectivity index (χ1v) is 5.07. The van der Waals surface area contributed by atoms with Gasteiger partial charge in [-0.15, -0.1) is 0 Å². The third kappa shape index (κ3) is 2.35. The van der Waals surface area contributed by atoms with E-state index in [0.29, 0.717) is 5.92 Å². The molecule has 74 valence electrons. The Bertz CT molecular complexity index is 422. The minimum absolute atomic E-state index is 0.549. The molecular weight excluding hydrogens is 168 g/mol. The van der Waals surface area contributed by atoms with Gasteiger partial charge < -0.3 is 0 Å². The highest BCUT2D eigenvalue weighted by Crippen LogP contribution is 2.06. The number of allylic oxidation sites excluding steroid dienone is 2. The number of hydrogen-bond donors (Lipinski definition) is 0. The van der Waals surface area contributed by atoms with Crippen LogP contribution >= 0.6 is 0 Å². The van der Waals surface area contributed by atoms with Crippen LogP contribution in [0.5, 0.6) is 0 Å². The minimum Gasteiger partial charge on any atom is -0.0911 e. The lowest BCUT2D eigenvalue weighted by Crippen LogP contribution is -2.27. The Balaban J connectivity index is 3.45. The largest absolute Gasteiger partial charge is 0.0911 e. The maximum absolute atomic E-state index is 4.05. The van der Waals surface area contributed by atoms with Gasteiger partial charge in [-0.3, -0.25) is 0 Å². The first-order valence-electron chi connectivity index (χ1n) is 5.07. The Labute approximate surface area is 86.3 Å². The maximum Gasteiger partial charge on any atom is -0.0155 e. The maximum atomic E-state index is 4.05. The first-order chi connectivity index (χ1) is 6.66. The molecule has 0 atom stereocenters. The monoisotopic (exact) mass is 186 g/mol. The quantitative estimate of drug-likeness (QED) is 0.666. The molecule has 0 heterocycles. The molecule has 0 fully saturated rings. The van der Waals surface area contributed by atoms with E-state index in [4.69, 9.17) is 0 Å². The van der Waals surface area contributed by atoms with Crippen LogP contribution in [0.3, 0.4) is 0 Å². The van der Waals surface area contributed by atoms with Crippen molar-refractivity contribution in [3.8, 4) is 0 Å². The van der Waals surface area contributed by atoms with Crippen LogP contribution in [-0.4, -0.2) is 0 Å². The van der Waals surface area contributed by atoms with Gasteiger partial charge in [0.15, 0.2) is 0 Å². The Morgan fingerprint density at radius 2 is 2.00 bits per heavy atom. The summed E-state index contributed by atoms with van der Waals surface area (Å²) in [4.78, 5) is 0. The van der Waals surface area contributed by atoms with Crippen LogP contribution in [0, 0.1) is 0 Å². The van der Waals surface area contributed by atoms with Crippen molar-refractivity contribution < 1.29 is 0 Å². The third-order valence-electron chi connectivity index (χ3n) is 2.31. The summed E-state index contributed by atoms with van der Waals surface area (Å²) < 4.78 is 0. The van der Waals surface area contributed by atoms with Gasteiger partial charge in [-0.2, -0.15) is 0 Å². The standard InChI is InChI=1S/C14H18/c1-5-6-9-14-12(4)8-7-10-13(14)11(2)3/h5-11H,4H2,1-3H3/b6-5-,14-9+. The summed E-state index contributed by atoms with van der Waals surface area (Å²) in [6.45, 7) is 10.5. The molecule has 14 heavy (non-hydrogen) atoms. The van der Waals surface area contributed by atoms with Crippen LogP contribution in [-0.2, 0) is 0 Å². The van der Waals surface area contributed by atoms with E-state index in [9.17, 15) is 0 Å². The molecule has 0 radical (unpaired) electrons. The number of hydrogen-bond acceptors (Lipinski definition) is 0. The van der Waals surface area contributed by atoms with E-state index in [-0.39, 0.29) is 0 Å². The SMILES string of the molecule is C=c1cccc(C(C)C)/c1=C/C=C\C. The zero-order chi connectivity index (χ0) is 10.6. The summed E-state index contributed by atoms with van der Waals surface area (Å²) >= 11 is 0. The molecule has 0 saturated carbocycles. The van der Waals surface area contributed by atoms with E-state index >= 15 is 0 Å². The highest BCUT2D eigenvalue weighted by molar-refractivity contribution is 5.41. The molecule has 0 nitrogen and oxygen atoms in total. The molecule has 0 aliphatic carbocycles. The van der Waals surface area contributed by atoms with E-state index < -0.39 is 0 Å². The zero-order valence-electron chi connectivity index (χ0n) is 9.25. The van der Waals surface area contributed by atoms with Crippen LogP contribution in [0.1, 0.15) is 32.3 Å². The van der Waals surface area contributed by atoms with Gasteiger partial charge in [0.1, 0.15) is 0 Å². The van der Waals surface area contributed by atoms with Crippen LogP contribution in [0.2, 0.25) is 0 Å². The van der Waals surface area contributed by atoms with Crippen molar-refractivity contribution in [2.45, 2.75) is 26.7 Å². The second kappa shape index (κ2) is 4.80. The normalized spacial score (nSPS) is 13.0. The van der Waals surface area contributed by atoms with Crippen molar-refractivity contribution in [3.63, 3.8) is 0 Å². The molecule has 0 aromatic heterocycles. The first kappa shape index (κ1) is 10.8. The van der Waals surface area contributed by atoms with Gasteiger partial charge >= 0.3 is 0 Å². The van der Waals surface area contributed by atoms with E-state index in [0.717, 1.165) is 5.22 Å². The van der Waals surface area contributed by atoms with Gasteiger partial charge in [0.2, 0.25) is 0 Å². The molecule has 0 bridgehead atoms. The zero-order valence-corrected chi connectivity index (χ0v) is 9.25. The lowest BCUT2D eigenvalue weighted by atomic mass is 9.99. The van der Waals surface area contributed by atoms with E-state index in [2.05, 4.69) is 50.8 Å². The van der Waals surface area contributed by atoms with Crippen molar-refractivity contribution in [2.24, 2.45) is 0 Å². The molecule has 1 aromatic rings. The van der Waals surface area contributed by atoms with E-state index in [1.165, 1.54) is 10.8 Å². The Kier molecular flexibility index (Phi) is 3.70. The lowest BCUT2D eigenvalue weighted by molar-refractivity contribution is 0.857. The summed E-state index contributed by atoms with van der Waals surface area (Å²) in [5.41, 5.74) is 1.37. The van der Waals surface area contributed by atoms with Gasteiger partial charge in [0.05, 0.1) is 0 Å². The average molecular weight is 186 g/mol. The predicted molar refractivity (Wildman–Crippen MR) is 64.6 cm³/mol. The molecule has 0 aliphatic heterocycles. The molecule has 0 amide bonds. The molecule has 0 heteroatoms. The fourth-order valence-corrected chi connectivity index (χ4v) is 1.53. The topological polar surface area (TPSA) is 0 Å². The third-order valence-corrected chi connectivity index (χ3v) is 2.31. The van der Waals surface area contributed by atoms with E-state index in [1.807, 2.05) is 13.0 Å². The Hall–Kier alpha value is -1.30. The van der Waals surface area contributed by atoms with Crippen LogP contribution in [0.4, 0.5) is 0 Å². The molecule has 0 saturated heterocycles. The lowest BCUT2D eigenvalue weighted by Gasteiger charge is -2.06. The molecule has 0 unspecified atom stereocenters. The van der Waals surface area contributed by atoms with Gasteiger partial charge in [-0.1, -0.05) is 56.9 Å². The Morgan fingerprint density at radius 3 is 2.57 bits per heavy atom.